The van der Waals surface area contributed by atoms with Crippen molar-refractivity contribution >= 4 is 21.6 Å². The highest BCUT2D eigenvalue weighted by Gasteiger charge is 2.16. The van der Waals surface area contributed by atoms with Crippen LogP contribution in [-0.4, -0.2) is 29.3 Å². The summed E-state index contributed by atoms with van der Waals surface area (Å²) in [7, 11) is 0. The molecule has 0 amide bonds. The Morgan fingerprint density at radius 2 is 2.00 bits per heavy atom. The number of aromatic nitrogens is 6. The van der Waals surface area contributed by atoms with Crippen molar-refractivity contribution in [2.24, 2.45) is 0 Å². The number of rotatable bonds is 4. The Morgan fingerprint density at radius 1 is 1.19 bits per heavy atom. The average Bonchev–Trinajstić information content (AvgIpc) is 3.19. The summed E-state index contributed by atoms with van der Waals surface area (Å²) in [6.45, 7) is 6.22. The fourth-order valence-corrected chi connectivity index (χ4v) is 3.66. The average molecular weight is 382 g/mol. The molecule has 0 saturated heterocycles. The number of aryl methyl sites for hydroxylation is 1. The van der Waals surface area contributed by atoms with Crippen molar-refractivity contribution in [2.75, 3.05) is 0 Å². The normalized spacial score (nSPS) is 11.6. The minimum Gasteiger partial charge on any atom is -0.293 e. The molecule has 4 rings (SSSR count). The van der Waals surface area contributed by atoms with E-state index in [1.807, 2.05) is 39.0 Å². The van der Waals surface area contributed by atoms with E-state index in [2.05, 4.69) is 20.1 Å². The van der Waals surface area contributed by atoms with Gasteiger partial charge in [0.1, 0.15) is 0 Å². The summed E-state index contributed by atoms with van der Waals surface area (Å²) < 4.78 is 4.22. The summed E-state index contributed by atoms with van der Waals surface area (Å²) in [6.07, 6.45) is 1.46. The van der Waals surface area contributed by atoms with Gasteiger partial charge in [-0.2, -0.15) is 5.10 Å². The van der Waals surface area contributed by atoms with Crippen molar-refractivity contribution in [2.45, 2.75) is 33.2 Å². The van der Waals surface area contributed by atoms with Crippen molar-refractivity contribution in [1.82, 2.24) is 29.3 Å². The first-order valence-corrected chi connectivity index (χ1v) is 9.35. The van der Waals surface area contributed by atoms with Gasteiger partial charge in [0.05, 0.1) is 27.5 Å². The largest absolute Gasteiger partial charge is 0.328 e. The first-order chi connectivity index (χ1) is 12.9. The number of benzene rings is 1. The molecule has 0 saturated carbocycles. The van der Waals surface area contributed by atoms with E-state index in [1.165, 1.54) is 16.8 Å². The summed E-state index contributed by atoms with van der Waals surface area (Å²) in [5.41, 5.74) is 0.908. The molecular weight excluding hydrogens is 364 g/mol. The molecule has 9 heteroatoms. The van der Waals surface area contributed by atoms with Crippen LogP contribution in [0.3, 0.4) is 0 Å². The third-order valence-electron chi connectivity index (χ3n) is 4.14. The molecule has 8 nitrogen and oxygen atoms in total. The standard InChI is InChI=1S/C18H18N6O2S/c1-10(2)17-20-15(9-23-7-6-16(25)21-18(23)26)24(22-17)12-4-5-13-14(8-12)27-11(3)19-13/h4-8,10H,9H2,1-3H3,(H,21,25,26). The zero-order valence-corrected chi connectivity index (χ0v) is 15.9. The topological polar surface area (TPSA) is 98.5 Å². The minimum atomic E-state index is -0.475. The summed E-state index contributed by atoms with van der Waals surface area (Å²) in [4.78, 5) is 34.7. The molecule has 1 N–H and O–H groups in total. The van der Waals surface area contributed by atoms with Crippen molar-refractivity contribution in [3.8, 4) is 5.69 Å². The Bertz CT molecular complexity index is 1250. The predicted octanol–water partition coefficient (Wildman–Crippen LogP) is 2.21. The lowest BCUT2D eigenvalue weighted by Crippen LogP contribution is -2.29. The Morgan fingerprint density at radius 3 is 2.74 bits per heavy atom. The van der Waals surface area contributed by atoms with Gasteiger partial charge in [0, 0.05) is 18.2 Å². The number of H-pyrrole nitrogens is 1. The summed E-state index contributed by atoms with van der Waals surface area (Å²) in [5, 5.41) is 5.64. The van der Waals surface area contributed by atoms with Crippen molar-refractivity contribution in [1.29, 1.82) is 0 Å². The van der Waals surface area contributed by atoms with Gasteiger partial charge in [-0.25, -0.2) is 19.4 Å². The quantitative estimate of drug-likeness (QED) is 0.583. The van der Waals surface area contributed by atoms with Gasteiger partial charge in [-0.05, 0) is 25.1 Å². The van der Waals surface area contributed by atoms with Gasteiger partial charge in [0.25, 0.3) is 5.56 Å². The zero-order valence-electron chi connectivity index (χ0n) is 15.1. The van der Waals surface area contributed by atoms with Crippen LogP contribution >= 0.6 is 11.3 Å². The van der Waals surface area contributed by atoms with Gasteiger partial charge in [0.2, 0.25) is 0 Å². The number of hydrogen-bond acceptors (Lipinski definition) is 6. The third-order valence-corrected chi connectivity index (χ3v) is 5.07. The van der Waals surface area contributed by atoms with E-state index in [9.17, 15) is 9.59 Å². The number of thiazole rings is 1. The number of aromatic amines is 1. The second kappa shape index (κ2) is 6.58. The van der Waals surface area contributed by atoms with E-state index < -0.39 is 11.2 Å². The van der Waals surface area contributed by atoms with Crippen LogP contribution in [0.25, 0.3) is 15.9 Å². The van der Waals surface area contributed by atoms with E-state index in [0.717, 1.165) is 20.9 Å². The van der Waals surface area contributed by atoms with E-state index in [4.69, 9.17) is 0 Å². The summed E-state index contributed by atoms with van der Waals surface area (Å²) in [5.74, 6) is 1.46. The monoisotopic (exact) mass is 382 g/mol. The first kappa shape index (κ1) is 17.3. The van der Waals surface area contributed by atoms with Gasteiger partial charge < -0.3 is 0 Å². The van der Waals surface area contributed by atoms with Gasteiger partial charge >= 0.3 is 5.69 Å². The molecule has 0 aliphatic rings. The molecule has 0 atom stereocenters. The molecule has 0 fully saturated rings. The third kappa shape index (κ3) is 3.33. The molecule has 0 bridgehead atoms. The lowest BCUT2D eigenvalue weighted by Gasteiger charge is -2.07. The second-order valence-electron chi connectivity index (χ2n) is 6.58. The fourth-order valence-electron chi connectivity index (χ4n) is 2.80. The van der Waals surface area contributed by atoms with Crippen LogP contribution in [0.4, 0.5) is 0 Å². The number of fused-ring (bicyclic) bond motifs is 1. The van der Waals surface area contributed by atoms with E-state index in [-0.39, 0.29) is 12.5 Å². The van der Waals surface area contributed by atoms with E-state index >= 15 is 0 Å². The molecule has 0 spiro atoms. The van der Waals surface area contributed by atoms with Crippen LogP contribution in [0.15, 0.2) is 40.1 Å². The molecule has 4 aromatic rings. The Balaban J connectivity index is 1.83. The van der Waals surface area contributed by atoms with Gasteiger partial charge in [-0.3, -0.25) is 14.3 Å². The zero-order chi connectivity index (χ0) is 19.1. The molecule has 3 heterocycles. The van der Waals surface area contributed by atoms with Gasteiger partial charge in [-0.1, -0.05) is 13.8 Å². The molecule has 0 unspecified atom stereocenters. The van der Waals surface area contributed by atoms with Crippen molar-refractivity contribution in [3.05, 3.63) is 68.0 Å². The molecule has 0 aliphatic heterocycles. The molecular formula is C18H18N6O2S. The summed E-state index contributed by atoms with van der Waals surface area (Å²) >= 11 is 1.62. The highest BCUT2D eigenvalue weighted by Crippen LogP contribution is 2.25. The molecule has 138 valence electrons. The SMILES string of the molecule is Cc1nc2ccc(-n3nc(C(C)C)nc3Cn3ccc(=O)[nH]c3=O)cc2s1. The molecule has 0 radical (unpaired) electrons. The van der Waals surface area contributed by atoms with Gasteiger partial charge in [-0.15, -0.1) is 11.3 Å². The fraction of sp³-hybridized carbons (Fsp3) is 0.278. The maximum Gasteiger partial charge on any atom is 0.328 e. The van der Waals surface area contributed by atoms with Gasteiger partial charge in [0.15, 0.2) is 11.6 Å². The van der Waals surface area contributed by atoms with Crippen LogP contribution in [0.1, 0.15) is 36.4 Å². The Labute approximate surface area is 158 Å². The second-order valence-corrected chi connectivity index (χ2v) is 7.81. The van der Waals surface area contributed by atoms with Crippen LogP contribution in [0.5, 0.6) is 0 Å². The predicted molar refractivity (Wildman–Crippen MR) is 104 cm³/mol. The molecule has 27 heavy (non-hydrogen) atoms. The lowest BCUT2D eigenvalue weighted by molar-refractivity contribution is 0.660. The highest BCUT2D eigenvalue weighted by atomic mass is 32.1. The van der Waals surface area contributed by atoms with Crippen LogP contribution in [-0.2, 0) is 6.54 Å². The number of nitrogens with zero attached hydrogens (tertiary/aromatic N) is 5. The number of nitrogens with one attached hydrogen (secondary N) is 1. The van der Waals surface area contributed by atoms with Crippen LogP contribution in [0.2, 0.25) is 0 Å². The molecule has 0 aliphatic carbocycles. The maximum atomic E-state index is 12.1. The highest BCUT2D eigenvalue weighted by molar-refractivity contribution is 7.18. The molecule has 3 aromatic heterocycles. The Kier molecular flexibility index (Phi) is 4.23. The maximum absolute atomic E-state index is 12.1. The van der Waals surface area contributed by atoms with E-state index in [1.54, 1.807) is 16.0 Å². The van der Waals surface area contributed by atoms with Crippen molar-refractivity contribution < 1.29 is 0 Å². The van der Waals surface area contributed by atoms with Crippen LogP contribution in [0, 0.1) is 6.92 Å². The minimum absolute atomic E-state index is 0.145. The van der Waals surface area contributed by atoms with Crippen molar-refractivity contribution in [3.63, 3.8) is 0 Å². The Hall–Kier alpha value is -3.07. The smallest absolute Gasteiger partial charge is 0.293 e. The number of hydrogen-bond donors (Lipinski definition) is 1. The van der Waals surface area contributed by atoms with E-state index in [0.29, 0.717) is 11.6 Å². The summed E-state index contributed by atoms with van der Waals surface area (Å²) in [6, 6.07) is 7.25. The first-order valence-electron chi connectivity index (χ1n) is 8.54. The molecule has 1 aromatic carbocycles. The van der Waals surface area contributed by atoms with Crippen LogP contribution < -0.4 is 11.2 Å². The lowest BCUT2D eigenvalue weighted by atomic mass is 10.2.